The van der Waals surface area contributed by atoms with Gasteiger partial charge in [-0.05, 0) is 73.0 Å². The van der Waals surface area contributed by atoms with E-state index in [1.165, 1.54) is 0 Å². The fourth-order valence-electron chi connectivity index (χ4n) is 3.97. The first-order chi connectivity index (χ1) is 14.9. The van der Waals surface area contributed by atoms with Gasteiger partial charge in [-0.2, -0.15) is 0 Å². The SMILES string of the molecule is O=C(NC1CCN(c2ccc(Cl)cc2Cl)C(c2ccc(Cl)cc2)C1)c1ccc(Cl)cc1. The van der Waals surface area contributed by atoms with Crippen LogP contribution in [0, 0.1) is 0 Å². The van der Waals surface area contributed by atoms with Crippen molar-refractivity contribution in [1.29, 1.82) is 0 Å². The number of amides is 1. The minimum atomic E-state index is -0.102. The van der Waals surface area contributed by atoms with Crippen molar-refractivity contribution in [3.8, 4) is 0 Å². The summed E-state index contributed by atoms with van der Waals surface area (Å²) >= 11 is 24.7. The number of piperidine rings is 1. The summed E-state index contributed by atoms with van der Waals surface area (Å²) in [5.41, 5.74) is 2.63. The van der Waals surface area contributed by atoms with Crippen LogP contribution in [0.25, 0.3) is 0 Å². The van der Waals surface area contributed by atoms with Crippen molar-refractivity contribution in [1.82, 2.24) is 5.32 Å². The van der Waals surface area contributed by atoms with Crippen LogP contribution in [-0.2, 0) is 0 Å². The zero-order valence-corrected chi connectivity index (χ0v) is 19.5. The van der Waals surface area contributed by atoms with Crippen LogP contribution in [0.5, 0.6) is 0 Å². The highest BCUT2D eigenvalue weighted by Crippen LogP contribution is 2.39. The molecule has 0 spiro atoms. The highest BCUT2D eigenvalue weighted by molar-refractivity contribution is 6.36. The Morgan fingerprint density at radius 1 is 0.839 bits per heavy atom. The van der Waals surface area contributed by atoms with Crippen LogP contribution >= 0.6 is 46.4 Å². The lowest BCUT2D eigenvalue weighted by Crippen LogP contribution is -2.46. The van der Waals surface area contributed by atoms with Crippen molar-refractivity contribution in [2.24, 2.45) is 0 Å². The second-order valence-electron chi connectivity index (χ2n) is 7.56. The molecule has 0 bridgehead atoms. The average molecular weight is 494 g/mol. The van der Waals surface area contributed by atoms with E-state index in [0.29, 0.717) is 25.7 Å². The van der Waals surface area contributed by atoms with Crippen molar-refractivity contribution in [2.45, 2.75) is 24.9 Å². The molecule has 1 fully saturated rings. The number of nitrogens with one attached hydrogen (secondary N) is 1. The molecule has 3 aromatic carbocycles. The van der Waals surface area contributed by atoms with Gasteiger partial charge >= 0.3 is 0 Å². The molecular weight excluding hydrogens is 474 g/mol. The molecule has 1 amide bonds. The van der Waals surface area contributed by atoms with Gasteiger partial charge in [0.05, 0.1) is 16.8 Å². The molecule has 1 heterocycles. The normalized spacial score (nSPS) is 18.6. The van der Waals surface area contributed by atoms with E-state index in [2.05, 4.69) is 10.2 Å². The minimum absolute atomic E-state index is 0.0196. The number of anilines is 1. The van der Waals surface area contributed by atoms with Crippen molar-refractivity contribution in [2.75, 3.05) is 11.4 Å². The molecule has 160 valence electrons. The Balaban J connectivity index is 1.58. The fraction of sp³-hybridized carbons (Fsp3) is 0.208. The number of nitrogens with zero attached hydrogens (tertiary/aromatic N) is 1. The molecule has 0 aliphatic carbocycles. The molecular formula is C24H20Cl4N2O. The molecule has 1 N–H and O–H groups in total. The molecule has 3 nitrogen and oxygen atoms in total. The number of hydrogen-bond acceptors (Lipinski definition) is 2. The number of benzene rings is 3. The van der Waals surface area contributed by atoms with Crippen LogP contribution < -0.4 is 10.2 Å². The Bertz CT molecular complexity index is 1070. The minimum Gasteiger partial charge on any atom is -0.363 e. The van der Waals surface area contributed by atoms with Gasteiger partial charge in [0.2, 0.25) is 0 Å². The molecule has 0 radical (unpaired) electrons. The molecule has 1 saturated heterocycles. The Labute approximate surface area is 201 Å². The van der Waals surface area contributed by atoms with Gasteiger partial charge < -0.3 is 10.2 Å². The maximum atomic E-state index is 12.7. The lowest BCUT2D eigenvalue weighted by Gasteiger charge is -2.42. The standard InChI is InChI=1S/C24H20Cl4N2O/c25-17-5-1-15(2-6-17)23-14-20(29-24(31)16-3-7-18(26)8-4-16)11-12-30(23)22-10-9-19(27)13-21(22)28/h1-10,13,20,23H,11-12,14H2,(H,29,31). The Morgan fingerprint density at radius 3 is 2.10 bits per heavy atom. The van der Waals surface area contributed by atoms with Gasteiger partial charge in [0.25, 0.3) is 5.91 Å². The smallest absolute Gasteiger partial charge is 0.251 e. The summed E-state index contributed by atoms with van der Waals surface area (Å²) in [5, 5.41) is 5.67. The summed E-state index contributed by atoms with van der Waals surface area (Å²) in [4.78, 5) is 15.0. The zero-order valence-electron chi connectivity index (χ0n) is 16.5. The topological polar surface area (TPSA) is 32.3 Å². The van der Waals surface area contributed by atoms with E-state index < -0.39 is 0 Å². The third kappa shape index (κ3) is 5.30. The predicted molar refractivity (Wildman–Crippen MR) is 130 cm³/mol. The highest BCUT2D eigenvalue weighted by Gasteiger charge is 2.31. The number of halogens is 4. The summed E-state index contributed by atoms with van der Waals surface area (Å²) in [6.45, 7) is 0.736. The van der Waals surface area contributed by atoms with Crippen LogP contribution in [0.1, 0.15) is 34.8 Å². The molecule has 1 aliphatic heterocycles. The van der Waals surface area contributed by atoms with Crippen LogP contribution in [0.15, 0.2) is 66.7 Å². The average Bonchev–Trinajstić information content (AvgIpc) is 2.75. The van der Waals surface area contributed by atoms with E-state index in [9.17, 15) is 4.79 Å². The van der Waals surface area contributed by atoms with E-state index in [-0.39, 0.29) is 18.0 Å². The molecule has 4 rings (SSSR count). The zero-order chi connectivity index (χ0) is 22.0. The van der Waals surface area contributed by atoms with Crippen LogP contribution in [0.4, 0.5) is 5.69 Å². The van der Waals surface area contributed by atoms with Crippen LogP contribution in [0.2, 0.25) is 20.1 Å². The first-order valence-electron chi connectivity index (χ1n) is 9.94. The van der Waals surface area contributed by atoms with Crippen LogP contribution in [-0.4, -0.2) is 18.5 Å². The predicted octanol–water partition coefficient (Wildman–Crippen LogP) is 7.44. The number of rotatable bonds is 4. The lowest BCUT2D eigenvalue weighted by atomic mass is 9.91. The number of hydrogen-bond donors (Lipinski definition) is 1. The second kappa shape index (κ2) is 9.70. The van der Waals surface area contributed by atoms with E-state index >= 15 is 0 Å². The number of carbonyl (C=O) groups is 1. The Morgan fingerprint density at radius 2 is 1.45 bits per heavy atom. The highest BCUT2D eigenvalue weighted by atomic mass is 35.5. The Kier molecular flexibility index (Phi) is 6.98. The van der Waals surface area contributed by atoms with Crippen LogP contribution in [0.3, 0.4) is 0 Å². The van der Waals surface area contributed by atoms with Gasteiger partial charge in [0.15, 0.2) is 0 Å². The lowest BCUT2D eigenvalue weighted by molar-refractivity contribution is 0.0927. The molecule has 2 unspecified atom stereocenters. The van der Waals surface area contributed by atoms with Gasteiger partial charge in [-0.3, -0.25) is 4.79 Å². The Hall–Kier alpha value is -1.91. The molecule has 31 heavy (non-hydrogen) atoms. The van der Waals surface area contributed by atoms with Gasteiger partial charge in [-0.15, -0.1) is 0 Å². The maximum absolute atomic E-state index is 12.7. The fourth-order valence-corrected chi connectivity index (χ4v) is 4.74. The quantitative estimate of drug-likeness (QED) is 0.409. The molecule has 3 aromatic rings. The first kappa shape index (κ1) is 22.3. The third-order valence-electron chi connectivity index (χ3n) is 5.52. The van der Waals surface area contributed by atoms with E-state index in [4.69, 9.17) is 46.4 Å². The van der Waals surface area contributed by atoms with Crippen molar-refractivity contribution in [3.63, 3.8) is 0 Å². The van der Waals surface area contributed by atoms with Crippen molar-refractivity contribution < 1.29 is 4.79 Å². The summed E-state index contributed by atoms with van der Waals surface area (Å²) in [6.07, 6.45) is 1.53. The molecule has 1 aliphatic rings. The molecule has 2 atom stereocenters. The summed E-state index contributed by atoms with van der Waals surface area (Å²) in [7, 11) is 0. The largest absolute Gasteiger partial charge is 0.363 e. The monoisotopic (exact) mass is 492 g/mol. The van der Waals surface area contributed by atoms with Gasteiger partial charge in [0.1, 0.15) is 0 Å². The summed E-state index contributed by atoms with van der Waals surface area (Å²) < 4.78 is 0. The molecule has 0 saturated carbocycles. The second-order valence-corrected chi connectivity index (χ2v) is 9.27. The van der Waals surface area contributed by atoms with Gasteiger partial charge in [-0.25, -0.2) is 0 Å². The van der Waals surface area contributed by atoms with Gasteiger partial charge in [0, 0.05) is 33.2 Å². The maximum Gasteiger partial charge on any atom is 0.251 e. The molecule has 0 aromatic heterocycles. The van der Waals surface area contributed by atoms with E-state index in [1.807, 2.05) is 36.4 Å². The van der Waals surface area contributed by atoms with E-state index in [1.54, 1.807) is 30.3 Å². The molecule has 7 heteroatoms. The van der Waals surface area contributed by atoms with Gasteiger partial charge in [-0.1, -0.05) is 58.5 Å². The number of carbonyl (C=O) groups excluding carboxylic acids is 1. The summed E-state index contributed by atoms with van der Waals surface area (Å²) in [5.74, 6) is -0.102. The summed E-state index contributed by atoms with van der Waals surface area (Å²) in [6, 6.07) is 20.3. The van der Waals surface area contributed by atoms with Crippen molar-refractivity contribution in [3.05, 3.63) is 97.9 Å². The van der Waals surface area contributed by atoms with Crippen molar-refractivity contribution >= 4 is 58.0 Å². The van der Waals surface area contributed by atoms with E-state index in [0.717, 1.165) is 30.6 Å². The first-order valence-corrected chi connectivity index (χ1v) is 11.5. The third-order valence-corrected chi connectivity index (χ3v) is 6.56.